The van der Waals surface area contributed by atoms with Gasteiger partial charge in [0.05, 0.1) is 12.6 Å². The lowest BCUT2D eigenvalue weighted by molar-refractivity contribution is -0.253. The van der Waals surface area contributed by atoms with Gasteiger partial charge in [0, 0.05) is 4.91 Å². The molecule has 0 fully saturated rings. The third-order valence-electron chi connectivity index (χ3n) is 2.40. The third kappa shape index (κ3) is 4.78. The quantitative estimate of drug-likeness (QED) is 0.350. The van der Waals surface area contributed by atoms with Crippen molar-refractivity contribution >= 4 is 0 Å². The van der Waals surface area contributed by atoms with Crippen LogP contribution in [0.1, 0.15) is 11.7 Å². The molecule has 2 N–H and O–H groups in total. The van der Waals surface area contributed by atoms with Gasteiger partial charge < -0.3 is 14.9 Å². The highest BCUT2D eigenvalue weighted by Crippen LogP contribution is 2.29. The van der Waals surface area contributed by atoms with E-state index < -0.39 is 37.0 Å². The topological polar surface area (TPSA) is 98.5 Å². The molecule has 0 saturated heterocycles. The summed E-state index contributed by atoms with van der Waals surface area (Å²) in [5.74, 6) is -0.604. The van der Waals surface area contributed by atoms with Gasteiger partial charge in [-0.2, -0.15) is 17.6 Å². The number of aliphatic hydroxyl groups excluding tert-OH is 2. The van der Waals surface area contributed by atoms with Crippen LogP contribution >= 0.6 is 0 Å². The Labute approximate surface area is 116 Å². The van der Waals surface area contributed by atoms with E-state index in [1.165, 1.54) is 12.1 Å². The SMILES string of the molecule is [N-]=[N+]=NCC(O)C(O)c1cccc(OC(F)(F)C(F)F)c1. The fourth-order valence-electron chi connectivity index (χ4n) is 1.41. The molecule has 0 bridgehead atoms. The normalized spacial score (nSPS) is 14.4. The number of hydrogen-bond donors (Lipinski definition) is 2. The van der Waals surface area contributed by atoms with Gasteiger partial charge in [-0.1, -0.05) is 17.2 Å². The minimum atomic E-state index is -4.67. The molecular weight excluding hydrogens is 298 g/mol. The maximum Gasteiger partial charge on any atom is 0.461 e. The molecule has 0 aliphatic rings. The van der Waals surface area contributed by atoms with E-state index in [4.69, 9.17) is 5.53 Å². The van der Waals surface area contributed by atoms with E-state index in [0.29, 0.717) is 0 Å². The van der Waals surface area contributed by atoms with Crippen LogP contribution in [0, 0.1) is 0 Å². The summed E-state index contributed by atoms with van der Waals surface area (Å²) in [5, 5.41) is 22.3. The van der Waals surface area contributed by atoms with Crippen LogP contribution < -0.4 is 4.74 Å². The first kappa shape index (κ1) is 17.0. The predicted octanol–water partition coefficient (Wildman–Crippen LogP) is 2.63. The zero-order chi connectivity index (χ0) is 16.0. The van der Waals surface area contributed by atoms with Crippen molar-refractivity contribution in [1.29, 1.82) is 0 Å². The van der Waals surface area contributed by atoms with Crippen molar-refractivity contribution in [3.63, 3.8) is 0 Å². The molecule has 0 radical (unpaired) electrons. The monoisotopic (exact) mass is 309 g/mol. The van der Waals surface area contributed by atoms with Crippen molar-refractivity contribution < 1.29 is 32.5 Å². The Hall–Kier alpha value is -2.03. The van der Waals surface area contributed by atoms with Gasteiger partial charge in [0.1, 0.15) is 11.9 Å². The highest BCUT2D eigenvalue weighted by Gasteiger charge is 2.44. The Morgan fingerprint density at radius 3 is 2.57 bits per heavy atom. The largest absolute Gasteiger partial charge is 0.461 e. The lowest BCUT2D eigenvalue weighted by atomic mass is 10.0. The summed E-state index contributed by atoms with van der Waals surface area (Å²) >= 11 is 0. The fraction of sp³-hybridized carbons (Fsp3) is 0.455. The number of halogens is 4. The first-order valence-electron chi connectivity index (χ1n) is 5.60. The zero-order valence-corrected chi connectivity index (χ0v) is 10.4. The van der Waals surface area contributed by atoms with Crippen molar-refractivity contribution in [3.05, 3.63) is 40.3 Å². The second-order valence-corrected chi connectivity index (χ2v) is 3.96. The highest BCUT2D eigenvalue weighted by atomic mass is 19.3. The van der Waals surface area contributed by atoms with Crippen molar-refractivity contribution in [1.82, 2.24) is 0 Å². The van der Waals surface area contributed by atoms with Gasteiger partial charge in [-0.05, 0) is 23.2 Å². The number of benzene rings is 1. The van der Waals surface area contributed by atoms with E-state index >= 15 is 0 Å². The van der Waals surface area contributed by atoms with Gasteiger partial charge in [0.25, 0.3) is 0 Å². The van der Waals surface area contributed by atoms with Gasteiger partial charge in [-0.3, -0.25) is 0 Å². The Kier molecular flexibility index (Phi) is 5.77. The van der Waals surface area contributed by atoms with Crippen molar-refractivity contribution in [3.8, 4) is 5.75 Å². The van der Waals surface area contributed by atoms with Crippen LogP contribution in [0.25, 0.3) is 10.4 Å². The van der Waals surface area contributed by atoms with Crippen LogP contribution in [-0.4, -0.2) is 35.4 Å². The van der Waals surface area contributed by atoms with Crippen LogP contribution in [0.2, 0.25) is 0 Å². The highest BCUT2D eigenvalue weighted by molar-refractivity contribution is 5.30. The van der Waals surface area contributed by atoms with E-state index in [0.717, 1.165) is 12.1 Å². The van der Waals surface area contributed by atoms with Gasteiger partial charge in [0.2, 0.25) is 0 Å². The molecule has 0 spiro atoms. The van der Waals surface area contributed by atoms with Crippen LogP contribution in [0.3, 0.4) is 0 Å². The van der Waals surface area contributed by atoms with Gasteiger partial charge >= 0.3 is 12.5 Å². The lowest BCUT2D eigenvalue weighted by Gasteiger charge is -2.19. The van der Waals surface area contributed by atoms with Crippen LogP contribution in [0.15, 0.2) is 29.4 Å². The number of hydrogen-bond acceptors (Lipinski definition) is 4. The molecule has 0 amide bonds. The van der Waals surface area contributed by atoms with Crippen LogP contribution in [0.5, 0.6) is 5.75 Å². The number of alkyl halides is 4. The fourth-order valence-corrected chi connectivity index (χ4v) is 1.41. The molecular formula is C11H11F4N3O3. The Balaban J connectivity index is 2.87. The van der Waals surface area contributed by atoms with Gasteiger partial charge in [-0.25, -0.2) is 0 Å². The summed E-state index contributed by atoms with van der Waals surface area (Å²) in [6, 6.07) is 4.31. The predicted molar refractivity (Wildman–Crippen MR) is 63.0 cm³/mol. The summed E-state index contributed by atoms with van der Waals surface area (Å²) in [4.78, 5) is 2.38. The lowest BCUT2D eigenvalue weighted by Crippen LogP contribution is -2.33. The Morgan fingerprint density at radius 1 is 1.33 bits per heavy atom. The van der Waals surface area contributed by atoms with E-state index in [1.54, 1.807) is 0 Å². The minimum absolute atomic E-state index is 0.0572. The maximum atomic E-state index is 12.8. The Morgan fingerprint density at radius 2 is 2.00 bits per heavy atom. The summed E-state index contributed by atoms with van der Waals surface area (Å²) in [6.07, 6.45) is -11.7. The van der Waals surface area contributed by atoms with E-state index in [-0.39, 0.29) is 5.56 Å². The van der Waals surface area contributed by atoms with Gasteiger partial charge in [-0.15, -0.1) is 0 Å². The number of ether oxygens (including phenoxy) is 1. The average molecular weight is 309 g/mol. The van der Waals surface area contributed by atoms with Gasteiger partial charge in [0.15, 0.2) is 0 Å². The molecule has 0 heterocycles. The number of aliphatic hydroxyl groups is 2. The molecule has 2 unspecified atom stereocenters. The van der Waals surface area contributed by atoms with E-state index in [2.05, 4.69) is 14.8 Å². The molecule has 21 heavy (non-hydrogen) atoms. The average Bonchev–Trinajstić information content (AvgIpc) is 2.43. The minimum Gasteiger partial charge on any atom is -0.428 e. The molecule has 1 aromatic carbocycles. The summed E-state index contributed by atoms with van der Waals surface area (Å²) in [5.41, 5.74) is 8.03. The van der Waals surface area contributed by atoms with Crippen molar-refractivity contribution in [2.45, 2.75) is 24.7 Å². The number of azide groups is 1. The molecule has 116 valence electrons. The molecule has 1 rings (SSSR count). The summed E-state index contributed by atoms with van der Waals surface area (Å²) < 4.78 is 53.4. The standard InChI is InChI=1S/C11H11F4N3O3/c12-10(13)11(14,15)21-7-3-1-2-6(4-7)9(20)8(19)5-17-18-16/h1-4,8-10,19-20H,5H2. The molecule has 0 aliphatic carbocycles. The first-order chi connectivity index (χ1) is 9.77. The number of nitrogens with zero attached hydrogens (tertiary/aromatic N) is 3. The summed E-state index contributed by atoms with van der Waals surface area (Å²) in [7, 11) is 0. The molecule has 10 heteroatoms. The van der Waals surface area contributed by atoms with E-state index in [9.17, 15) is 27.8 Å². The third-order valence-corrected chi connectivity index (χ3v) is 2.40. The maximum absolute atomic E-state index is 12.8. The molecule has 0 aliphatic heterocycles. The molecule has 6 nitrogen and oxygen atoms in total. The number of rotatable bonds is 7. The van der Waals surface area contributed by atoms with Crippen molar-refractivity contribution in [2.75, 3.05) is 6.54 Å². The first-order valence-corrected chi connectivity index (χ1v) is 5.60. The van der Waals surface area contributed by atoms with Crippen LogP contribution in [0.4, 0.5) is 17.6 Å². The smallest absolute Gasteiger partial charge is 0.428 e. The Bertz CT molecular complexity index is 523. The molecule has 1 aromatic rings. The molecule has 2 atom stereocenters. The van der Waals surface area contributed by atoms with Crippen molar-refractivity contribution in [2.24, 2.45) is 5.11 Å². The molecule has 0 saturated carbocycles. The molecule has 0 aromatic heterocycles. The van der Waals surface area contributed by atoms with E-state index in [1.807, 2.05) is 0 Å². The van der Waals surface area contributed by atoms with Crippen LogP contribution in [-0.2, 0) is 0 Å². The second-order valence-electron chi connectivity index (χ2n) is 3.96. The second kappa shape index (κ2) is 7.11. The zero-order valence-electron chi connectivity index (χ0n) is 10.4. The summed E-state index contributed by atoms with van der Waals surface area (Å²) in [6.45, 7) is -0.448.